The SMILES string of the molecule is Cc1ccccc1-n1c(SCC(=O)NCCc2ccccc2)nc2c([nH]c3ccccc32)c1=O. The number of thioether (sulfide) groups is 1. The van der Waals surface area contributed by atoms with E-state index in [9.17, 15) is 9.59 Å². The fraction of sp³-hybridized carbons (Fsp3) is 0.148. The molecule has 5 aromatic rings. The second kappa shape index (κ2) is 9.57. The first-order chi connectivity index (χ1) is 16.6. The molecular weight excluding hydrogens is 444 g/mol. The first-order valence-corrected chi connectivity index (χ1v) is 12.1. The maximum Gasteiger partial charge on any atom is 0.283 e. The summed E-state index contributed by atoms with van der Waals surface area (Å²) in [6, 6.07) is 25.5. The van der Waals surface area contributed by atoms with Gasteiger partial charge in [0.05, 0.1) is 11.4 Å². The van der Waals surface area contributed by atoms with Crippen molar-refractivity contribution in [3.8, 4) is 5.69 Å². The van der Waals surface area contributed by atoms with Crippen LogP contribution in [0.15, 0.2) is 88.8 Å². The minimum atomic E-state index is -0.178. The number of fused-ring (bicyclic) bond motifs is 3. The monoisotopic (exact) mass is 468 g/mol. The quantitative estimate of drug-likeness (QED) is 0.270. The Balaban J connectivity index is 1.46. The van der Waals surface area contributed by atoms with Gasteiger partial charge in [0.25, 0.3) is 5.56 Å². The van der Waals surface area contributed by atoms with E-state index in [-0.39, 0.29) is 17.2 Å². The summed E-state index contributed by atoms with van der Waals surface area (Å²) in [6.07, 6.45) is 0.769. The number of aromatic nitrogens is 3. The molecule has 2 heterocycles. The molecule has 0 bridgehead atoms. The summed E-state index contributed by atoms with van der Waals surface area (Å²) in [7, 11) is 0. The van der Waals surface area contributed by atoms with Gasteiger partial charge in [-0.2, -0.15) is 0 Å². The Morgan fingerprint density at radius 1 is 1.00 bits per heavy atom. The van der Waals surface area contributed by atoms with E-state index in [2.05, 4.69) is 10.3 Å². The van der Waals surface area contributed by atoms with Crippen LogP contribution in [0.3, 0.4) is 0 Å². The van der Waals surface area contributed by atoms with E-state index in [0.717, 1.165) is 28.6 Å². The third kappa shape index (κ3) is 4.34. The summed E-state index contributed by atoms with van der Waals surface area (Å²) in [5, 5.41) is 4.35. The van der Waals surface area contributed by atoms with E-state index in [1.165, 1.54) is 17.3 Å². The van der Waals surface area contributed by atoms with E-state index in [4.69, 9.17) is 4.98 Å². The van der Waals surface area contributed by atoms with Gasteiger partial charge in [0.1, 0.15) is 11.0 Å². The van der Waals surface area contributed by atoms with Gasteiger partial charge in [0.2, 0.25) is 5.91 Å². The molecule has 0 atom stereocenters. The molecule has 0 aliphatic carbocycles. The first kappa shape index (κ1) is 22.0. The number of carbonyl (C=O) groups excluding carboxylic acids is 1. The Morgan fingerprint density at radius 2 is 1.74 bits per heavy atom. The van der Waals surface area contributed by atoms with Crippen LogP contribution in [0.25, 0.3) is 27.6 Å². The highest BCUT2D eigenvalue weighted by Crippen LogP contribution is 2.27. The molecule has 3 aromatic carbocycles. The van der Waals surface area contributed by atoms with E-state index in [1.807, 2.05) is 85.8 Å². The molecule has 6 nitrogen and oxygen atoms in total. The topological polar surface area (TPSA) is 79.8 Å². The van der Waals surface area contributed by atoms with Gasteiger partial charge in [-0.15, -0.1) is 0 Å². The van der Waals surface area contributed by atoms with Crippen LogP contribution in [-0.2, 0) is 11.2 Å². The number of rotatable bonds is 7. The van der Waals surface area contributed by atoms with Gasteiger partial charge in [0, 0.05) is 17.4 Å². The Morgan fingerprint density at radius 3 is 2.56 bits per heavy atom. The number of amides is 1. The second-order valence-electron chi connectivity index (χ2n) is 8.09. The molecule has 0 aliphatic heterocycles. The van der Waals surface area contributed by atoms with Crippen LogP contribution in [0.5, 0.6) is 0 Å². The number of para-hydroxylation sites is 2. The summed E-state index contributed by atoms with van der Waals surface area (Å²) in [4.78, 5) is 34.3. The molecule has 1 amide bonds. The Bertz CT molecular complexity index is 1540. The molecule has 0 fully saturated rings. The molecule has 5 rings (SSSR count). The number of benzene rings is 3. The molecule has 0 spiro atoms. The number of aromatic amines is 1. The number of aryl methyl sites for hydroxylation is 1. The van der Waals surface area contributed by atoms with Crippen molar-refractivity contribution < 1.29 is 4.79 Å². The van der Waals surface area contributed by atoms with Crippen molar-refractivity contribution in [2.24, 2.45) is 0 Å². The van der Waals surface area contributed by atoms with Crippen LogP contribution in [-0.4, -0.2) is 32.7 Å². The predicted octanol–water partition coefficient (Wildman–Crippen LogP) is 4.63. The van der Waals surface area contributed by atoms with Crippen LogP contribution in [0.2, 0.25) is 0 Å². The lowest BCUT2D eigenvalue weighted by Crippen LogP contribution is -2.28. The maximum atomic E-state index is 13.6. The van der Waals surface area contributed by atoms with Gasteiger partial charge in [-0.1, -0.05) is 78.5 Å². The summed E-state index contributed by atoms with van der Waals surface area (Å²) in [5.41, 5.74) is 4.65. The number of nitrogens with zero attached hydrogens (tertiary/aromatic N) is 2. The Labute approximate surface area is 201 Å². The van der Waals surface area contributed by atoms with Crippen LogP contribution >= 0.6 is 11.8 Å². The highest BCUT2D eigenvalue weighted by Gasteiger charge is 2.18. The van der Waals surface area contributed by atoms with Crippen molar-refractivity contribution in [1.82, 2.24) is 19.9 Å². The highest BCUT2D eigenvalue weighted by molar-refractivity contribution is 7.99. The molecule has 2 aromatic heterocycles. The van der Waals surface area contributed by atoms with E-state index < -0.39 is 0 Å². The third-order valence-corrected chi connectivity index (χ3v) is 6.70. The number of carbonyl (C=O) groups is 1. The second-order valence-corrected chi connectivity index (χ2v) is 9.03. The first-order valence-electron chi connectivity index (χ1n) is 11.1. The van der Waals surface area contributed by atoms with Gasteiger partial charge in [-0.05, 0) is 36.6 Å². The fourth-order valence-corrected chi connectivity index (χ4v) is 4.87. The normalized spacial score (nSPS) is 11.2. The van der Waals surface area contributed by atoms with E-state index >= 15 is 0 Å². The minimum Gasteiger partial charge on any atom is -0.355 e. The van der Waals surface area contributed by atoms with Crippen molar-refractivity contribution in [3.63, 3.8) is 0 Å². The van der Waals surface area contributed by atoms with Gasteiger partial charge in [-0.3, -0.25) is 14.2 Å². The van der Waals surface area contributed by atoms with Crippen molar-refractivity contribution in [2.45, 2.75) is 18.5 Å². The van der Waals surface area contributed by atoms with Gasteiger partial charge in [0.15, 0.2) is 5.16 Å². The molecule has 170 valence electrons. The lowest BCUT2D eigenvalue weighted by molar-refractivity contribution is -0.118. The average Bonchev–Trinajstić information content (AvgIpc) is 3.23. The maximum absolute atomic E-state index is 13.6. The summed E-state index contributed by atoms with van der Waals surface area (Å²) < 4.78 is 1.61. The standard InChI is InChI=1S/C27H24N4O2S/c1-18-9-5-8-14-22(18)31-26(33)25-24(20-12-6-7-13-21(20)29-25)30-27(31)34-17-23(32)28-16-15-19-10-3-2-4-11-19/h2-14,29H,15-17H2,1H3,(H,28,32). The van der Waals surface area contributed by atoms with Crippen molar-refractivity contribution in [2.75, 3.05) is 12.3 Å². The highest BCUT2D eigenvalue weighted by atomic mass is 32.2. The molecule has 7 heteroatoms. The largest absolute Gasteiger partial charge is 0.355 e. The zero-order chi connectivity index (χ0) is 23.5. The van der Waals surface area contributed by atoms with E-state index in [0.29, 0.717) is 22.7 Å². The number of nitrogens with one attached hydrogen (secondary N) is 2. The van der Waals surface area contributed by atoms with Crippen LogP contribution in [0.4, 0.5) is 0 Å². The molecule has 0 unspecified atom stereocenters. The van der Waals surface area contributed by atoms with Crippen molar-refractivity contribution in [1.29, 1.82) is 0 Å². The minimum absolute atomic E-state index is 0.0921. The smallest absolute Gasteiger partial charge is 0.283 e. The Hall–Kier alpha value is -3.84. The number of hydrogen-bond acceptors (Lipinski definition) is 4. The molecular formula is C27H24N4O2S. The lowest BCUT2D eigenvalue weighted by atomic mass is 10.1. The molecule has 0 saturated carbocycles. The van der Waals surface area contributed by atoms with Crippen molar-refractivity contribution >= 4 is 39.6 Å². The average molecular weight is 469 g/mol. The molecule has 0 saturated heterocycles. The molecule has 0 aliphatic rings. The molecule has 0 radical (unpaired) electrons. The summed E-state index contributed by atoms with van der Waals surface area (Å²) in [5.74, 6) is 0.0755. The zero-order valence-electron chi connectivity index (χ0n) is 18.7. The van der Waals surface area contributed by atoms with Gasteiger partial charge >= 0.3 is 0 Å². The van der Waals surface area contributed by atoms with Crippen LogP contribution in [0.1, 0.15) is 11.1 Å². The third-order valence-electron chi connectivity index (χ3n) is 5.76. The van der Waals surface area contributed by atoms with Crippen LogP contribution in [0, 0.1) is 6.92 Å². The summed E-state index contributed by atoms with van der Waals surface area (Å²) in [6.45, 7) is 2.52. The molecule has 34 heavy (non-hydrogen) atoms. The zero-order valence-corrected chi connectivity index (χ0v) is 19.6. The summed E-state index contributed by atoms with van der Waals surface area (Å²) >= 11 is 1.27. The molecule has 2 N–H and O–H groups in total. The van der Waals surface area contributed by atoms with E-state index in [1.54, 1.807) is 4.57 Å². The van der Waals surface area contributed by atoms with Crippen LogP contribution < -0.4 is 10.9 Å². The predicted molar refractivity (Wildman–Crippen MR) is 138 cm³/mol. The van der Waals surface area contributed by atoms with Crippen molar-refractivity contribution in [3.05, 3.63) is 100 Å². The van der Waals surface area contributed by atoms with Gasteiger partial charge < -0.3 is 10.3 Å². The number of H-pyrrole nitrogens is 1. The Kier molecular flexibility index (Phi) is 6.18. The van der Waals surface area contributed by atoms with Gasteiger partial charge in [-0.25, -0.2) is 4.98 Å². The number of hydrogen-bond donors (Lipinski definition) is 2. The lowest BCUT2D eigenvalue weighted by Gasteiger charge is -2.14. The fourth-order valence-electron chi connectivity index (χ4n) is 4.04.